The van der Waals surface area contributed by atoms with E-state index in [-0.39, 0.29) is 36.7 Å². The number of nitrogens with one attached hydrogen (secondary N) is 1. The number of hydrogen-bond donors (Lipinski definition) is 1. The van der Waals surface area contributed by atoms with Gasteiger partial charge in [-0.25, -0.2) is 0 Å². The number of hydrogen-bond acceptors (Lipinski definition) is 5. The van der Waals surface area contributed by atoms with Crippen LogP contribution in [0.4, 0.5) is 0 Å². The van der Waals surface area contributed by atoms with Crippen LogP contribution >= 0.6 is 11.8 Å². The number of thioether (sulfide) groups is 1. The highest BCUT2D eigenvalue weighted by molar-refractivity contribution is 7.98. The first-order valence-electron chi connectivity index (χ1n) is 7.23. The number of carbonyl (C=O) groups excluding carboxylic acids is 4. The van der Waals surface area contributed by atoms with Gasteiger partial charge in [0.2, 0.25) is 23.6 Å². The Labute approximate surface area is 133 Å². The third-order valence-corrected chi connectivity index (χ3v) is 4.86. The fourth-order valence-electron chi connectivity index (χ4n) is 3.05. The molecule has 2 fully saturated rings. The monoisotopic (exact) mass is 327 g/mol. The van der Waals surface area contributed by atoms with Gasteiger partial charge in [0, 0.05) is 27.1 Å². The van der Waals surface area contributed by atoms with Gasteiger partial charge in [-0.1, -0.05) is 0 Å². The molecule has 0 unspecified atom stereocenters. The van der Waals surface area contributed by atoms with Crippen LogP contribution in [0.2, 0.25) is 0 Å². The van der Waals surface area contributed by atoms with Crippen LogP contribution in [0, 0.1) is 11.8 Å². The molecule has 2 saturated heterocycles. The van der Waals surface area contributed by atoms with Gasteiger partial charge in [0.05, 0.1) is 11.8 Å². The van der Waals surface area contributed by atoms with Gasteiger partial charge in [-0.05, 0) is 18.4 Å². The standard InChI is InChI=1S/C14H21N3O4S/c1-8(18)15-11(4-5-22-3)14(21)17-6-9-10(7-17)13(20)16(2)12(9)19/h9-11H,4-7H2,1-3H3,(H,15,18)/t9-,10+,11-/m0/s1. The van der Waals surface area contributed by atoms with Gasteiger partial charge < -0.3 is 10.2 Å². The maximum atomic E-state index is 12.6. The number of amides is 4. The van der Waals surface area contributed by atoms with Crippen molar-refractivity contribution in [1.29, 1.82) is 0 Å². The van der Waals surface area contributed by atoms with E-state index >= 15 is 0 Å². The number of likely N-dealkylation sites (tertiary alicyclic amines) is 2. The highest BCUT2D eigenvalue weighted by Crippen LogP contribution is 2.32. The van der Waals surface area contributed by atoms with Crippen LogP contribution in [-0.2, 0) is 19.2 Å². The smallest absolute Gasteiger partial charge is 0.245 e. The van der Waals surface area contributed by atoms with E-state index in [0.29, 0.717) is 6.42 Å². The molecule has 0 aromatic carbocycles. The quantitative estimate of drug-likeness (QED) is 0.676. The largest absolute Gasteiger partial charge is 0.345 e. The van der Waals surface area contributed by atoms with Gasteiger partial charge in [-0.2, -0.15) is 11.8 Å². The van der Waals surface area contributed by atoms with Crippen LogP contribution in [0.5, 0.6) is 0 Å². The average molecular weight is 327 g/mol. The Hall–Kier alpha value is -1.57. The van der Waals surface area contributed by atoms with Crippen molar-refractivity contribution in [3.05, 3.63) is 0 Å². The van der Waals surface area contributed by atoms with E-state index in [2.05, 4.69) is 5.32 Å². The Morgan fingerprint density at radius 2 is 1.82 bits per heavy atom. The van der Waals surface area contributed by atoms with Gasteiger partial charge in [0.25, 0.3) is 0 Å². The summed E-state index contributed by atoms with van der Waals surface area (Å²) < 4.78 is 0. The molecule has 0 aliphatic carbocycles. The lowest BCUT2D eigenvalue weighted by molar-refractivity contribution is -0.140. The molecule has 1 N–H and O–H groups in total. The summed E-state index contributed by atoms with van der Waals surface area (Å²) in [7, 11) is 1.48. The summed E-state index contributed by atoms with van der Waals surface area (Å²) >= 11 is 1.60. The second-order valence-electron chi connectivity index (χ2n) is 5.73. The SMILES string of the molecule is CSCC[C@H](NC(C)=O)C(=O)N1C[C@@H]2C(=O)N(C)C(=O)[C@@H]2C1. The van der Waals surface area contributed by atoms with Crippen molar-refractivity contribution in [3.8, 4) is 0 Å². The summed E-state index contributed by atoms with van der Waals surface area (Å²) in [6, 6.07) is -0.591. The molecule has 2 rings (SSSR count). The Bertz CT molecular complexity index is 486. The van der Waals surface area contributed by atoms with Crippen LogP contribution in [0.25, 0.3) is 0 Å². The fourth-order valence-corrected chi connectivity index (χ4v) is 3.52. The minimum absolute atomic E-state index is 0.207. The molecule has 2 aliphatic rings. The van der Waals surface area contributed by atoms with Crippen molar-refractivity contribution in [2.24, 2.45) is 11.8 Å². The molecule has 2 heterocycles. The van der Waals surface area contributed by atoms with Crippen molar-refractivity contribution < 1.29 is 19.2 Å². The summed E-state index contributed by atoms with van der Waals surface area (Å²) in [5.74, 6) is -1.01. The molecule has 4 amide bonds. The lowest BCUT2D eigenvalue weighted by Crippen LogP contribution is -2.48. The van der Waals surface area contributed by atoms with Crippen molar-refractivity contribution in [2.45, 2.75) is 19.4 Å². The van der Waals surface area contributed by atoms with Crippen LogP contribution < -0.4 is 5.32 Å². The lowest BCUT2D eigenvalue weighted by Gasteiger charge is -2.25. The van der Waals surface area contributed by atoms with Crippen LogP contribution in [0.3, 0.4) is 0 Å². The first-order chi connectivity index (χ1) is 10.4. The molecule has 0 aromatic heterocycles. The van der Waals surface area contributed by atoms with Crippen molar-refractivity contribution in [1.82, 2.24) is 15.1 Å². The number of imide groups is 1. The predicted octanol–water partition coefficient (Wildman–Crippen LogP) is -0.683. The van der Waals surface area contributed by atoms with E-state index in [1.165, 1.54) is 14.0 Å². The zero-order chi connectivity index (χ0) is 16.4. The minimum Gasteiger partial charge on any atom is -0.345 e. The number of carbonyl (C=O) groups is 4. The molecule has 0 radical (unpaired) electrons. The highest BCUT2D eigenvalue weighted by Gasteiger charge is 2.52. The number of nitrogens with zero attached hydrogens (tertiary/aromatic N) is 2. The normalized spacial score (nSPS) is 25.4. The fraction of sp³-hybridized carbons (Fsp3) is 0.714. The molecule has 22 heavy (non-hydrogen) atoms. The molecule has 0 saturated carbocycles. The summed E-state index contributed by atoms with van der Waals surface area (Å²) in [6.07, 6.45) is 2.47. The Morgan fingerprint density at radius 1 is 1.27 bits per heavy atom. The third-order valence-electron chi connectivity index (χ3n) is 4.21. The topological polar surface area (TPSA) is 86.8 Å². The van der Waals surface area contributed by atoms with Gasteiger partial charge >= 0.3 is 0 Å². The van der Waals surface area contributed by atoms with E-state index in [9.17, 15) is 19.2 Å². The summed E-state index contributed by atoms with van der Waals surface area (Å²) in [6.45, 7) is 1.89. The van der Waals surface area contributed by atoms with Crippen molar-refractivity contribution >= 4 is 35.4 Å². The summed E-state index contributed by atoms with van der Waals surface area (Å²) in [5.41, 5.74) is 0. The zero-order valence-electron chi connectivity index (χ0n) is 13.0. The first kappa shape index (κ1) is 16.8. The van der Waals surface area contributed by atoms with Crippen LogP contribution in [0.15, 0.2) is 0 Å². The Kier molecular flexibility index (Phi) is 5.10. The van der Waals surface area contributed by atoms with Crippen molar-refractivity contribution in [2.75, 3.05) is 32.1 Å². The van der Waals surface area contributed by atoms with Crippen molar-refractivity contribution in [3.63, 3.8) is 0 Å². The number of rotatable bonds is 5. The zero-order valence-corrected chi connectivity index (χ0v) is 13.8. The van der Waals surface area contributed by atoms with Gasteiger partial charge in [0.1, 0.15) is 6.04 Å². The van der Waals surface area contributed by atoms with E-state index < -0.39 is 17.9 Å². The minimum atomic E-state index is -0.591. The van der Waals surface area contributed by atoms with Crippen LogP contribution in [-0.4, -0.2) is 71.6 Å². The molecule has 7 nitrogen and oxygen atoms in total. The molecular weight excluding hydrogens is 306 g/mol. The Morgan fingerprint density at radius 3 is 2.27 bits per heavy atom. The highest BCUT2D eigenvalue weighted by atomic mass is 32.2. The molecule has 0 bridgehead atoms. The Balaban J connectivity index is 2.05. The third kappa shape index (κ3) is 3.11. The van der Waals surface area contributed by atoms with E-state index in [1.807, 2.05) is 6.26 Å². The lowest BCUT2D eigenvalue weighted by atomic mass is 10.00. The van der Waals surface area contributed by atoms with E-state index in [4.69, 9.17) is 0 Å². The summed E-state index contributed by atoms with van der Waals surface area (Å²) in [4.78, 5) is 50.5. The molecule has 0 spiro atoms. The van der Waals surface area contributed by atoms with Gasteiger partial charge in [-0.15, -0.1) is 0 Å². The first-order valence-corrected chi connectivity index (χ1v) is 8.62. The van der Waals surface area contributed by atoms with Gasteiger partial charge in [0.15, 0.2) is 0 Å². The van der Waals surface area contributed by atoms with Crippen LogP contribution in [0.1, 0.15) is 13.3 Å². The molecule has 8 heteroatoms. The molecule has 3 atom stereocenters. The second-order valence-corrected chi connectivity index (χ2v) is 6.71. The predicted molar refractivity (Wildman–Crippen MR) is 81.9 cm³/mol. The maximum Gasteiger partial charge on any atom is 0.245 e. The number of fused-ring (bicyclic) bond motifs is 1. The molecule has 122 valence electrons. The second kappa shape index (κ2) is 6.68. The molecule has 0 aromatic rings. The maximum absolute atomic E-state index is 12.6. The van der Waals surface area contributed by atoms with E-state index in [0.717, 1.165) is 10.7 Å². The molecular formula is C14H21N3O4S. The summed E-state index contributed by atoms with van der Waals surface area (Å²) in [5, 5.41) is 2.66. The van der Waals surface area contributed by atoms with Gasteiger partial charge in [-0.3, -0.25) is 24.1 Å². The average Bonchev–Trinajstić information content (AvgIpc) is 2.99. The molecule has 2 aliphatic heterocycles. The van der Waals surface area contributed by atoms with E-state index in [1.54, 1.807) is 16.7 Å².